The first-order valence-corrected chi connectivity index (χ1v) is 10.0. The monoisotopic (exact) mass is 411 g/mol. The summed E-state index contributed by atoms with van der Waals surface area (Å²) in [6.07, 6.45) is 0. The predicted octanol–water partition coefficient (Wildman–Crippen LogP) is 3.97. The highest BCUT2D eigenvalue weighted by Crippen LogP contribution is 2.26. The highest BCUT2D eigenvalue weighted by atomic mass is 35.5. The van der Waals surface area contributed by atoms with Crippen LogP contribution in [0, 0.1) is 6.92 Å². The lowest BCUT2D eigenvalue weighted by atomic mass is 10.1. The van der Waals surface area contributed by atoms with Gasteiger partial charge in [0, 0.05) is 21.2 Å². The van der Waals surface area contributed by atoms with Gasteiger partial charge in [0.1, 0.15) is 0 Å². The van der Waals surface area contributed by atoms with E-state index in [2.05, 4.69) is 14.9 Å². The molecule has 3 rings (SSSR count). The second kappa shape index (κ2) is 7.75. The van der Waals surface area contributed by atoms with E-state index < -0.39 is 10.0 Å². The molecule has 1 heterocycles. The van der Waals surface area contributed by atoms with E-state index in [-0.39, 0.29) is 18.2 Å². The van der Waals surface area contributed by atoms with Gasteiger partial charge < -0.3 is 4.52 Å². The lowest BCUT2D eigenvalue weighted by molar-refractivity contribution is 0.376. The molecule has 0 aliphatic carbocycles. The van der Waals surface area contributed by atoms with Gasteiger partial charge in [-0.3, -0.25) is 0 Å². The summed E-state index contributed by atoms with van der Waals surface area (Å²) in [6.45, 7) is 1.86. The lowest BCUT2D eigenvalue weighted by Gasteiger charge is -2.08. The van der Waals surface area contributed by atoms with Crippen LogP contribution in [0.1, 0.15) is 17.0 Å². The Kier molecular flexibility index (Phi) is 5.62. The number of halogens is 2. The third-order valence-electron chi connectivity index (χ3n) is 3.62. The first-order valence-electron chi connectivity index (χ1n) is 7.64. The lowest BCUT2D eigenvalue weighted by Crippen LogP contribution is -2.25. The van der Waals surface area contributed by atoms with E-state index in [0.717, 1.165) is 11.1 Å². The Morgan fingerprint density at radius 3 is 2.38 bits per heavy atom. The van der Waals surface area contributed by atoms with Crippen molar-refractivity contribution in [3.63, 3.8) is 0 Å². The standard InChI is InChI=1S/C17H15Cl2N3O3S/c1-11-5-7-12(8-6-11)17-21-16(25-22-17)9-20-26(23,24)10-13-14(18)3-2-4-15(13)19/h2-8,20H,9-10H2,1H3. The minimum Gasteiger partial charge on any atom is -0.338 e. The largest absolute Gasteiger partial charge is 0.338 e. The summed E-state index contributed by atoms with van der Waals surface area (Å²) in [5, 5.41) is 4.45. The minimum absolute atomic E-state index is 0.122. The number of sulfonamides is 1. The van der Waals surface area contributed by atoms with Crippen LogP contribution >= 0.6 is 23.2 Å². The summed E-state index contributed by atoms with van der Waals surface area (Å²) < 4.78 is 32.1. The second-order valence-electron chi connectivity index (χ2n) is 5.66. The maximum Gasteiger partial charge on any atom is 0.242 e. The van der Waals surface area contributed by atoms with Crippen LogP contribution in [0.5, 0.6) is 0 Å². The molecule has 9 heteroatoms. The van der Waals surface area contributed by atoms with Gasteiger partial charge in [-0.2, -0.15) is 4.98 Å². The van der Waals surface area contributed by atoms with Crippen LogP contribution < -0.4 is 4.72 Å². The smallest absolute Gasteiger partial charge is 0.242 e. The van der Waals surface area contributed by atoms with E-state index in [0.29, 0.717) is 21.4 Å². The Balaban J connectivity index is 1.68. The first kappa shape index (κ1) is 18.8. The maximum absolute atomic E-state index is 12.3. The number of hydrogen-bond acceptors (Lipinski definition) is 5. The molecule has 0 radical (unpaired) electrons. The molecule has 6 nitrogen and oxygen atoms in total. The van der Waals surface area contributed by atoms with Gasteiger partial charge in [-0.1, -0.05) is 64.3 Å². The summed E-state index contributed by atoms with van der Waals surface area (Å²) in [5.74, 6) is 0.215. The molecule has 0 aliphatic rings. The van der Waals surface area contributed by atoms with Gasteiger partial charge in [0.25, 0.3) is 0 Å². The molecular weight excluding hydrogens is 397 g/mol. The molecule has 26 heavy (non-hydrogen) atoms. The topological polar surface area (TPSA) is 85.1 Å². The maximum atomic E-state index is 12.3. The molecule has 3 aromatic rings. The zero-order chi connectivity index (χ0) is 18.7. The molecule has 1 aromatic heterocycles. The molecule has 0 aliphatic heterocycles. The van der Waals surface area contributed by atoms with Crippen molar-refractivity contribution in [1.29, 1.82) is 0 Å². The van der Waals surface area contributed by atoms with Crippen molar-refractivity contribution in [2.75, 3.05) is 0 Å². The zero-order valence-corrected chi connectivity index (χ0v) is 16.1. The van der Waals surface area contributed by atoms with E-state index in [4.69, 9.17) is 27.7 Å². The van der Waals surface area contributed by atoms with Crippen molar-refractivity contribution in [3.05, 3.63) is 69.5 Å². The highest BCUT2D eigenvalue weighted by Gasteiger charge is 2.18. The van der Waals surface area contributed by atoms with Gasteiger partial charge in [0.2, 0.25) is 21.7 Å². The number of aryl methyl sites for hydroxylation is 1. The quantitative estimate of drug-likeness (QED) is 0.662. The van der Waals surface area contributed by atoms with Crippen molar-refractivity contribution >= 4 is 33.2 Å². The van der Waals surface area contributed by atoms with E-state index in [9.17, 15) is 8.42 Å². The molecule has 0 spiro atoms. The third-order valence-corrected chi connectivity index (χ3v) is 5.58. The fourth-order valence-corrected chi connectivity index (χ4v) is 4.06. The van der Waals surface area contributed by atoms with Crippen molar-refractivity contribution in [3.8, 4) is 11.4 Å². The molecule has 0 unspecified atom stereocenters. The third kappa shape index (κ3) is 4.62. The SMILES string of the molecule is Cc1ccc(-c2noc(CNS(=O)(=O)Cc3c(Cl)cccc3Cl)n2)cc1. The molecule has 0 fully saturated rings. The molecule has 0 atom stereocenters. The Morgan fingerprint density at radius 1 is 1.08 bits per heavy atom. The number of nitrogens with zero attached hydrogens (tertiary/aromatic N) is 2. The van der Waals surface area contributed by atoms with Gasteiger partial charge in [-0.25, -0.2) is 13.1 Å². The number of nitrogens with one attached hydrogen (secondary N) is 1. The molecule has 136 valence electrons. The molecule has 2 aromatic carbocycles. The van der Waals surface area contributed by atoms with Crippen molar-refractivity contribution < 1.29 is 12.9 Å². The summed E-state index contributed by atoms with van der Waals surface area (Å²) in [4.78, 5) is 4.20. The minimum atomic E-state index is -3.69. The average Bonchev–Trinajstić information content (AvgIpc) is 3.06. The number of aromatic nitrogens is 2. The number of benzene rings is 2. The van der Waals surface area contributed by atoms with Gasteiger partial charge in [0.05, 0.1) is 12.3 Å². The summed E-state index contributed by atoms with van der Waals surface area (Å²) in [7, 11) is -3.69. The first-order chi connectivity index (χ1) is 12.3. The summed E-state index contributed by atoms with van der Waals surface area (Å²) in [5.41, 5.74) is 2.24. The van der Waals surface area contributed by atoms with Crippen LogP contribution in [-0.2, 0) is 22.3 Å². The van der Waals surface area contributed by atoms with Crippen LogP contribution in [0.25, 0.3) is 11.4 Å². The molecular formula is C17H15Cl2N3O3S. The molecule has 0 amide bonds. The molecule has 1 N–H and O–H groups in total. The van der Waals surface area contributed by atoms with Crippen LogP contribution in [0.15, 0.2) is 47.0 Å². The second-order valence-corrected chi connectivity index (χ2v) is 8.28. The van der Waals surface area contributed by atoms with Gasteiger partial charge >= 0.3 is 0 Å². The predicted molar refractivity (Wildman–Crippen MR) is 100 cm³/mol. The van der Waals surface area contributed by atoms with E-state index in [1.54, 1.807) is 18.2 Å². The van der Waals surface area contributed by atoms with E-state index in [1.807, 2.05) is 31.2 Å². The summed E-state index contributed by atoms with van der Waals surface area (Å²) >= 11 is 12.0. The fourth-order valence-electron chi connectivity index (χ4n) is 2.23. The van der Waals surface area contributed by atoms with Crippen LogP contribution in [0.4, 0.5) is 0 Å². The fraction of sp³-hybridized carbons (Fsp3) is 0.176. The van der Waals surface area contributed by atoms with Crippen LogP contribution in [-0.4, -0.2) is 18.6 Å². The molecule has 0 bridgehead atoms. The average molecular weight is 412 g/mol. The van der Waals surface area contributed by atoms with E-state index >= 15 is 0 Å². The van der Waals surface area contributed by atoms with Gasteiger partial charge in [-0.15, -0.1) is 0 Å². The molecule has 0 saturated carbocycles. The normalized spacial score (nSPS) is 11.7. The Labute approximate surface area is 161 Å². The Hall–Kier alpha value is -1.93. The Bertz CT molecular complexity index is 998. The zero-order valence-electron chi connectivity index (χ0n) is 13.7. The van der Waals surface area contributed by atoms with Crippen LogP contribution in [0.2, 0.25) is 10.0 Å². The van der Waals surface area contributed by atoms with Gasteiger partial charge in [0.15, 0.2) is 0 Å². The van der Waals surface area contributed by atoms with Crippen LogP contribution in [0.3, 0.4) is 0 Å². The Morgan fingerprint density at radius 2 is 1.73 bits per heavy atom. The van der Waals surface area contributed by atoms with Crippen molar-refractivity contribution in [2.24, 2.45) is 0 Å². The molecule has 0 saturated heterocycles. The number of hydrogen-bond donors (Lipinski definition) is 1. The summed E-state index contributed by atoms with van der Waals surface area (Å²) in [6, 6.07) is 12.4. The van der Waals surface area contributed by atoms with Gasteiger partial charge in [-0.05, 0) is 19.1 Å². The highest BCUT2D eigenvalue weighted by molar-refractivity contribution is 7.88. The number of rotatable bonds is 6. The van der Waals surface area contributed by atoms with E-state index in [1.165, 1.54) is 0 Å². The van der Waals surface area contributed by atoms with Crippen molar-refractivity contribution in [1.82, 2.24) is 14.9 Å². The van der Waals surface area contributed by atoms with Crippen molar-refractivity contribution in [2.45, 2.75) is 19.2 Å².